The smallest absolute Gasteiger partial charge is 0.273 e. The Labute approximate surface area is 140 Å². The first-order valence-electron chi connectivity index (χ1n) is 8.11. The lowest BCUT2D eigenvalue weighted by molar-refractivity contribution is -0.145. The van der Waals surface area contributed by atoms with Gasteiger partial charge in [-0.05, 0) is 36.3 Å². The molecule has 3 rings (SSSR count). The van der Waals surface area contributed by atoms with E-state index in [2.05, 4.69) is 10.9 Å². The van der Waals surface area contributed by atoms with Crippen LogP contribution < -0.4 is 15.6 Å². The SMILES string of the molecule is COc1ccccc1C(=O)NNC(=O)C12CCC(CC1=O)C2(C)C. The van der Waals surface area contributed by atoms with Gasteiger partial charge in [-0.3, -0.25) is 25.2 Å². The number of ether oxygens (including phenoxy) is 1. The predicted octanol–water partition coefficient (Wildman–Crippen LogP) is 1.85. The van der Waals surface area contributed by atoms with Gasteiger partial charge in [0.15, 0.2) is 0 Å². The maximum atomic E-state index is 12.8. The Morgan fingerprint density at radius 3 is 2.50 bits per heavy atom. The summed E-state index contributed by atoms with van der Waals surface area (Å²) in [6, 6.07) is 6.74. The second-order valence-electron chi connectivity index (χ2n) is 7.10. The van der Waals surface area contributed by atoms with Gasteiger partial charge in [-0.1, -0.05) is 26.0 Å². The third-order valence-corrected chi connectivity index (χ3v) is 5.92. The Hall–Kier alpha value is -2.37. The summed E-state index contributed by atoms with van der Waals surface area (Å²) in [5, 5.41) is 0. The number of hydrogen-bond acceptors (Lipinski definition) is 4. The quantitative estimate of drug-likeness (QED) is 0.654. The molecule has 2 atom stereocenters. The summed E-state index contributed by atoms with van der Waals surface area (Å²) in [6.45, 7) is 3.94. The summed E-state index contributed by atoms with van der Waals surface area (Å²) < 4.78 is 5.14. The molecule has 0 spiro atoms. The lowest BCUT2D eigenvalue weighted by Crippen LogP contribution is -2.54. The van der Waals surface area contributed by atoms with Gasteiger partial charge in [0.25, 0.3) is 11.8 Å². The molecular weight excluding hydrogens is 308 g/mol. The highest BCUT2D eigenvalue weighted by Crippen LogP contribution is 2.63. The van der Waals surface area contributed by atoms with E-state index in [1.807, 2.05) is 13.8 Å². The van der Waals surface area contributed by atoms with Crippen LogP contribution in [0.2, 0.25) is 0 Å². The van der Waals surface area contributed by atoms with E-state index in [1.165, 1.54) is 7.11 Å². The van der Waals surface area contributed by atoms with Gasteiger partial charge in [0.2, 0.25) is 0 Å². The second kappa shape index (κ2) is 5.61. The van der Waals surface area contributed by atoms with Crippen LogP contribution in [0.1, 0.15) is 43.5 Å². The highest BCUT2D eigenvalue weighted by molar-refractivity contribution is 6.10. The number of hydrogen-bond donors (Lipinski definition) is 2. The Morgan fingerprint density at radius 1 is 1.21 bits per heavy atom. The number of fused-ring (bicyclic) bond motifs is 2. The number of amides is 2. The van der Waals surface area contributed by atoms with Crippen molar-refractivity contribution in [3.63, 3.8) is 0 Å². The predicted molar refractivity (Wildman–Crippen MR) is 87.2 cm³/mol. The van der Waals surface area contributed by atoms with Crippen molar-refractivity contribution in [2.75, 3.05) is 7.11 Å². The molecule has 0 aromatic heterocycles. The first-order valence-corrected chi connectivity index (χ1v) is 8.11. The van der Waals surface area contributed by atoms with Gasteiger partial charge in [-0.2, -0.15) is 0 Å². The Bertz CT molecular complexity index is 713. The molecule has 2 bridgehead atoms. The molecular formula is C18H22N2O4. The molecule has 2 fully saturated rings. The van der Waals surface area contributed by atoms with E-state index in [0.29, 0.717) is 24.2 Å². The van der Waals surface area contributed by atoms with Crippen molar-refractivity contribution in [2.24, 2.45) is 16.7 Å². The first-order chi connectivity index (χ1) is 11.3. The maximum absolute atomic E-state index is 12.8. The molecule has 128 valence electrons. The van der Waals surface area contributed by atoms with E-state index >= 15 is 0 Å². The number of rotatable bonds is 3. The summed E-state index contributed by atoms with van der Waals surface area (Å²) in [5.41, 5.74) is 3.78. The largest absolute Gasteiger partial charge is 0.496 e. The molecule has 2 aliphatic carbocycles. The van der Waals surface area contributed by atoms with Gasteiger partial charge in [0.05, 0.1) is 12.7 Å². The highest BCUT2D eigenvalue weighted by Gasteiger charge is 2.68. The molecule has 0 aliphatic heterocycles. The molecule has 0 radical (unpaired) electrons. The summed E-state index contributed by atoms with van der Waals surface area (Å²) in [5.74, 6) is -0.259. The van der Waals surface area contributed by atoms with Crippen LogP contribution in [0.15, 0.2) is 24.3 Å². The van der Waals surface area contributed by atoms with Crippen LogP contribution in [-0.2, 0) is 9.59 Å². The van der Waals surface area contributed by atoms with Crippen molar-refractivity contribution >= 4 is 17.6 Å². The molecule has 1 aromatic rings. The van der Waals surface area contributed by atoms with Crippen LogP contribution in [0.4, 0.5) is 0 Å². The van der Waals surface area contributed by atoms with Gasteiger partial charge in [0, 0.05) is 6.42 Å². The number of benzene rings is 1. The topological polar surface area (TPSA) is 84.5 Å². The third kappa shape index (κ3) is 2.12. The van der Waals surface area contributed by atoms with E-state index in [4.69, 9.17) is 4.74 Å². The molecule has 2 unspecified atom stereocenters. The molecule has 1 aromatic carbocycles. The van der Waals surface area contributed by atoms with Gasteiger partial charge >= 0.3 is 0 Å². The fourth-order valence-electron chi connectivity index (χ4n) is 4.33. The summed E-state index contributed by atoms with van der Waals surface area (Å²) in [6.07, 6.45) is 1.85. The minimum absolute atomic E-state index is 0.0206. The average molecular weight is 330 g/mol. The van der Waals surface area contributed by atoms with Crippen molar-refractivity contribution < 1.29 is 19.1 Å². The summed E-state index contributed by atoms with van der Waals surface area (Å²) in [4.78, 5) is 37.5. The minimum Gasteiger partial charge on any atom is -0.496 e. The molecule has 2 aliphatic rings. The fourth-order valence-corrected chi connectivity index (χ4v) is 4.33. The zero-order valence-electron chi connectivity index (χ0n) is 14.1. The molecule has 2 amide bonds. The molecule has 2 saturated carbocycles. The summed E-state index contributed by atoms with van der Waals surface area (Å²) in [7, 11) is 1.47. The highest BCUT2D eigenvalue weighted by atomic mass is 16.5. The van der Waals surface area contributed by atoms with E-state index in [0.717, 1.165) is 6.42 Å². The normalized spacial score (nSPS) is 27.0. The Morgan fingerprint density at radius 2 is 1.92 bits per heavy atom. The van der Waals surface area contributed by atoms with Crippen LogP contribution >= 0.6 is 0 Å². The first kappa shape index (κ1) is 16.5. The lowest BCUT2D eigenvalue weighted by atomic mass is 9.68. The number of ketones is 1. The van der Waals surface area contributed by atoms with E-state index in [9.17, 15) is 14.4 Å². The Kier molecular flexibility index (Phi) is 3.86. The lowest BCUT2D eigenvalue weighted by Gasteiger charge is -2.34. The fraction of sp³-hybridized carbons (Fsp3) is 0.500. The van der Waals surface area contributed by atoms with Crippen LogP contribution in [0.25, 0.3) is 0 Å². The number of carbonyl (C=O) groups is 3. The average Bonchev–Trinajstić information content (AvgIpc) is 2.94. The van der Waals surface area contributed by atoms with Crippen molar-refractivity contribution in [2.45, 2.75) is 33.1 Å². The van der Waals surface area contributed by atoms with E-state index in [-0.39, 0.29) is 17.1 Å². The molecule has 6 nitrogen and oxygen atoms in total. The zero-order chi connectivity index (χ0) is 17.5. The van der Waals surface area contributed by atoms with Gasteiger partial charge < -0.3 is 4.74 Å². The standard InChI is InChI=1S/C18H22N2O4/c1-17(2)11-8-9-18(17,14(21)10-11)16(23)20-19-15(22)12-6-4-5-7-13(12)24-3/h4-7,11H,8-10H2,1-3H3,(H,19,22)(H,20,23). The van der Waals surface area contributed by atoms with E-state index < -0.39 is 17.2 Å². The van der Waals surface area contributed by atoms with Gasteiger partial charge in [-0.15, -0.1) is 0 Å². The van der Waals surface area contributed by atoms with Crippen LogP contribution in [-0.4, -0.2) is 24.7 Å². The Balaban J connectivity index is 1.74. The minimum atomic E-state index is -1.04. The molecule has 24 heavy (non-hydrogen) atoms. The molecule has 0 heterocycles. The number of methoxy groups -OCH3 is 1. The van der Waals surface area contributed by atoms with Crippen LogP contribution in [0.5, 0.6) is 5.75 Å². The number of Topliss-reactive ketones (excluding diaryl/α,β-unsaturated/α-hetero) is 1. The molecule has 2 N–H and O–H groups in total. The molecule has 6 heteroatoms. The van der Waals surface area contributed by atoms with E-state index in [1.54, 1.807) is 24.3 Å². The number of nitrogens with one attached hydrogen (secondary N) is 2. The monoisotopic (exact) mass is 330 g/mol. The van der Waals surface area contributed by atoms with Crippen molar-refractivity contribution in [1.29, 1.82) is 0 Å². The zero-order valence-corrected chi connectivity index (χ0v) is 14.1. The number of carbonyl (C=O) groups excluding carboxylic acids is 3. The van der Waals surface area contributed by atoms with Crippen molar-refractivity contribution in [3.05, 3.63) is 29.8 Å². The third-order valence-electron chi connectivity index (χ3n) is 5.92. The van der Waals surface area contributed by atoms with Crippen molar-refractivity contribution in [1.82, 2.24) is 10.9 Å². The van der Waals surface area contributed by atoms with Crippen molar-refractivity contribution in [3.8, 4) is 5.75 Å². The van der Waals surface area contributed by atoms with Crippen LogP contribution in [0, 0.1) is 16.7 Å². The van der Waals surface area contributed by atoms with Gasteiger partial charge in [0.1, 0.15) is 16.9 Å². The second-order valence-corrected chi connectivity index (χ2v) is 7.10. The van der Waals surface area contributed by atoms with Gasteiger partial charge in [-0.25, -0.2) is 0 Å². The van der Waals surface area contributed by atoms with Crippen LogP contribution in [0.3, 0.4) is 0 Å². The number of hydrazine groups is 1. The summed E-state index contributed by atoms with van der Waals surface area (Å²) >= 11 is 0. The molecule has 0 saturated heterocycles. The number of para-hydroxylation sites is 1. The maximum Gasteiger partial charge on any atom is 0.273 e.